The fourth-order valence-electron chi connectivity index (χ4n) is 5.15. The quantitative estimate of drug-likeness (QED) is 0.843. The van der Waals surface area contributed by atoms with Crippen LogP contribution >= 0.6 is 0 Å². The van der Waals surface area contributed by atoms with E-state index in [1.54, 1.807) is 0 Å². The Hall–Kier alpha value is -1.39. The van der Waals surface area contributed by atoms with Gasteiger partial charge in [0, 0.05) is 38.3 Å². The number of likely N-dealkylation sites (tertiary alicyclic amines) is 2. The maximum absolute atomic E-state index is 13.1. The molecule has 0 aromatic heterocycles. The summed E-state index contributed by atoms with van der Waals surface area (Å²) in [5, 5.41) is 0. The average Bonchev–Trinajstić information content (AvgIpc) is 3.24. The number of rotatable bonds is 4. The van der Waals surface area contributed by atoms with Crippen LogP contribution in [0.3, 0.4) is 0 Å². The van der Waals surface area contributed by atoms with Crippen molar-refractivity contribution >= 4 is 5.91 Å². The summed E-state index contributed by atoms with van der Waals surface area (Å²) in [6.07, 6.45) is 4.42. The van der Waals surface area contributed by atoms with Gasteiger partial charge in [-0.2, -0.15) is 0 Å². The van der Waals surface area contributed by atoms with Gasteiger partial charge >= 0.3 is 0 Å². The van der Waals surface area contributed by atoms with E-state index < -0.39 is 0 Å². The first-order valence-electron chi connectivity index (χ1n) is 9.88. The zero-order chi connectivity index (χ0) is 17.3. The molecule has 25 heavy (non-hydrogen) atoms. The number of amides is 1. The molecule has 3 heterocycles. The first-order valence-corrected chi connectivity index (χ1v) is 9.88. The number of ether oxygens (including phenoxy) is 1. The van der Waals surface area contributed by atoms with Crippen LogP contribution in [0.25, 0.3) is 0 Å². The van der Waals surface area contributed by atoms with E-state index in [1.165, 1.54) is 12.0 Å². The lowest BCUT2D eigenvalue weighted by molar-refractivity contribution is -0.133. The van der Waals surface area contributed by atoms with E-state index in [1.807, 2.05) is 6.07 Å². The highest BCUT2D eigenvalue weighted by Crippen LogP contribution is 2.45. The molecule has 0 radical (unpaired) electrons. The Bertz CT molecular complexity index is 589. The van der Waals surface area contributed by atoms with Crippen LogP contribution in [0.5, 0.6) is 0 Å². The first-order chi connectivity index (χ1) is 12.2. The lowest BCUT2D eigenvalue weighted by Crippen LogP contribution is -2.53. The fourth-order valence-corrected chi connectivity index (χ4v) is 5.15. The summed E-state index contributed by atoms with van der Waals surface area (Å²) in [5.41, 5.74) is 1.27. The molecule has 3 saturated heterocycles. The zero-order valence-corrected chi connectivity index (χ0v) is 15.3. The largest absolute Gasteiger partial charge is 0.381 e. The normalized spacial score (nSPS) is 29.6. The van der Waals surface area contributed by atoms with Gasteiger partial charge in [-0.15, -0.1) is 0 Å². The van der Waals surface area contributed by atoms with Crippen molar-refractivity contribution in [2.45, 2.75) is 44.1 Å². The van der Waals surface area contributed by atoms with E-state index in [0.717, 1.165) is 58.7 Å². The summed E-state index contributed by atoms with van der Waals surface area (Å²) < 4.78 is 5.52. The van der Waals surface area contributed by atoms with Gasteiger partial charge in [-0.1, -0.05) is 30.3 Å². The topological polar surface area (TPSA) is 32.8 Å². The smallest absolute Gasteiger partial charge is 0.230 e. The minimum Gasteiger partial charge on any atom is -0.381 e. The summed E-state index contributed by atoms with van der Waals surface area (Å²) in [6, 6.07) is 10.4. The molecule has 2 atom stereocenters. The second-order valence-electron chi connectivity index (χ2n) is 8.00. The monoisotopic (exact) mass is 342 g/mol. The average molecular weight is 342 g/mol. The summed E-state index contributed by atoms with van der Waals surface area (Å²) in [4.78, 5) is 17.9. The van der Waals surface area contributed by atoms with Crippen LogP contribution in [0.4, 0.5) is 0 Å². The Balaban J connectivity index is 1.45. The van der Waals surface area contributed by atoms with Crippen LogP contribution in [0.2, 0.25) is 0 Å². The standard InChI is InChI=1S/C21H30N2O2/c1-2-23-20(24)19(18-6-4-3-5-7-18)14-21(23)9-11-22(12-10-21)15-17-8-13-25-16-17/h3-7,17,19H,2,8-16H2,1H3/t17-,19-/m0/s1. The molecule has 3 aliphatic heterocycles. The number of hydrogen-bond acceptors (Lipinski definition) is 3. The fraction of sp³-hybridized carbons (Fsp3) is 0.667. The van der Waals surface area contributed by atoms with Crippen molar-refractivity contribution in [3.63, 3.8) is 0 Å². The molecule has 3 aliphatic rings. The highest BCUT2D eigenvalue weighted by atomic mass is 16.5. The number of carbonyl (C=O) groups excluding carboxylic acids is 1. The molecule has 3 fully saturated rings. The molecule has 0 N–H and O–H groups in total. The number of benzene rings is 1. The van der Waals surface area contributed by atoms with Crippen molar-refractivity contribution in [2.24, 2.45) is 5.92 Å². The second kappa shape index (κ2) is 7.08. The van der Waals surface area contributed by atoms with Gasteiger partial charge in [-0.25, -0.2) is 0 Å². The molecule has 1 spiro atoms. The Morgan fingerprint density at radius 3 is 2.60 bits per heavy atom. The van der Waals surface area contributed by atoms with Gasteiger partial charge in [0.25, 0.3) is 0 Å². The van der Waals surface area contributed by atoms with Gasteiger partial charge in [-0.3, -0.25) is 4.79 Å². The van der Waals surface area contributed by atoms with Crippen molar-refractivity contribution in [3.05, 3.63) is 35.9 Å². The summed E-state index contributed by atoms with van der Waals surface area (Å²) in [7, 11) is 0. The van der Waals surface area contributed by atoms with Gasteiger partial charge < -0.3 is 14.5 Å². The van der Waals surface area contributed by atoms with E-state index in [-0.39, 0.29) is 11.5 Å². The summed E-state index contributed by atoms with van der Waals surface area (Å²) in [6.45, 7) is 8.21. The third-order valence-electron chi connectivity index (χ3n) is 6.57. The SMILES string of the molecule is CCN1C(=O)[C@H](c2ccccc2)CC12CCN(C[C@@H]1CCOC1)CC2. The molecule has 4 rings (SSSR count). The highest BCUT2D eigenvalue weighted by molar-refractivity contribution is 5.87. The Labute approximate surface area is 151 Å². The van der Waals surface area contributed by atoms with E-state index in [0.29, 0.717) is 11.8 Å². The maximum atomic E-state index is 13.1. The van der Waals surface area contributed by atoms with E-state index in [9.17, 15) is 4.79 Å². The minimum atomic E-state index is 0.0518. The van der Waals surface area contributed by atoms with Crippen LogP contribution in [0.1, 0.15) is 44.1 Å². The van der Waals surface area contributed by atoms with Crippen LogP contribution in [-0.4, -0.2) is 60.6 Å². The second-order valence-corrected chi connectivity index (χ2v) is 8.00. The highest BCUT2D eigenvalue weighted by Gasteiger charge is 2.51. The number of piperidine rings is 1. The van der Waals surface area contributed by atoms with E-state index >= 15 is 0 Å². The maximum Gasteiger partial charge on any atom is 0.230 e. The molecule has 1 aromatic carbocycles. The van der Waals surface area contributed by atoms with Crippen LogP contribution in [0.15, 0.2) is 30.3 Å². The molecule has 4 heteroatoms. The van der Waals surface area contributed by atoms with Gasteiger partial charge in [0.05, 0.1) is 12.5 Å². The van der Waals surface area contributed by atoms with Crippen LogP contribution in [-0.2, 0) is 9.53 Å². The molecular weight excluding hydrogens is 312 g/mol. The molecule has 0 saturated carbocycles. The molecule has 1 amide bonds. The lowest BCUT2D eigenvalue weighted by Gasteiger charge is -2.45. The number of likely N-dealkylation sites (N-methyl/N-ethyl adjacent to an activating group) is 1. The third kappa shape index (κ3) is 3.22. The van der Waals surface area contributed by atoms with E-state index in [2.05, 4.69) is 41.0 Å². The summed E-state index contributed by atoms with van der Waals surface area (Å²) in [5.74, 6) is 1.10. The predicted octanol–water partition coefficient (Wildman–Crippen LogP) is 2.89. The van der Waals surface area contributed by atoms with Crippen molar-refractivity contribution in [2.75, 3.05) is 39.4 Å². The van der Waals surface area contributed by atoms with Gasteiger partial charge in [0.1, 0.15) is 0 Å². The van der Waals surface area contributed by atoms with Gasteiger partial charge in [0.15, 0.2) is 0 Å². The molecule has 0 unspecified atom stereocenters. The van der Waals surface area contributed by atoms with Crippen molar-refractivity contribution in [3.8, 4) is 0 Å². The summed E-state index contributed by atoms with van der Waals surface area (Å²) >= 11 is 0. The molecule has 0 bridgehead atoms. The number of nitrogens with zero attached hydrogens (tertiary/aromatic N) is 2. The van der Waals surface area contributed by atoms with Crippen molar-refractivity contribution < 1.29 is 9.53 Å². The van der Waals surface area contributed by atoms with Crippen molar-refractivity contribution in [1.29, 1.82) is 0 Å². The third-order valence-corrected chi connectivity index (χ3v) is 6.57. The Kier molecular flexibility index (Phi) is 4.83. The zero-order valence-electron chi connectivity index (χ0n) is 15.3. The van der Waals surface area contributed by atoms with Crippen LogP contribution in [0, 0.1) is 5.92 Å². The predicted molar refractivity (Wildman–Crippen MR) is 98.5 cm³/mol. The molecule has 0 aliphatic carbocycles. The van der Waals surface area contributed by atoms with Crippen molar-refractivity contribution in [1.82, 2.24) is 9.80 Å². The van der Waals surface area contributed by atoms with E-state index in [4.69, 9.17) is 4.74 Å². The van der Waals surface area contributed by atoms with Crippen LogP contribution < -0.4 is 0 Å². The molecule has 4 nitrogen and oxygen atoms in total. The lowest BCUT2D eigenvalue weighted by atomic mass is 9.81. The first kappa shape index (κ1) is 17.0. The number of carbonyl (C=O) groups is 1. The minimum absolute atomic E-state index is 0.0518. The number of hydrogen-bond donors (Lipinski definition) is 0. The molecule has 1 aromatic rings. The van der Waals surface area contributed by atoms with Gasteiger partial charge in [-0.05, 0) is 44.1 Å². The molecule has 136 valence electrons. The Morgan fingerprint density at radius 1 is 1.20 bits per heavy atom. The van der Waals surface area contributed by atoms with Gasteiger partial charge in [0.2, 0.25) is 5.91 Å². The Morgan fingerprint density at radius 2 is 1.96 bits per heavy atom. The molecular formula is C21H30N2O2.